The van der Waals surface area contributed by atoms with Crippen molar-refractivity contribution in [1.82, 2.24) is 29.5 Å². The van der Waals surface area contributed by atoms with Crippen LogP contribution in [0.1, 0.15) is 51.2 Å². The van der Waals surface area contributed by atoms with E-state index in [0.29, 0.717) is 87.4 Å². The number of halogens is 2. The Morgan fingerprint density at radius 1 is 0.965 bits per heavy atom. The van der Waals surface area contributed by atoms with Gasteiger partial charge in [-0.05, 0) is 63.4 Å². The van der Waals surface area contributed by atoms with Crippen LogP contribution in [0.5, 0.6) is 5.88 Å². The fraction of sp³-hybridized carbons (Fsp3) is 0.333. The van der Waals surface area contributed by atoms with E-state index in [-0.39, 0.29) is 36.6 Å². The molecule has 2 aromatic carbocycles. The molecular formula is C42H43Cl2N7O6. The lowest BCUT2D eigenvalue weighted by Crippen LogP contribution is -2.54. The maximum absolute atomic E-state index is 13.4. The number of methoxy groups -OCH3 is 1. The maximum Gasteiger partial charge on any atom is 0.410 e. The van der Waals surface area contributed by atoms with Crippen molar-refractivity contribution in [3.8, 4) is 39.4 Å². The van der Waals surface area contributed by atoms with Crippen LogP contribution in [0, 0.1) is 0 Å². The van der Waals surface area contributed by atoms with Crippen LogP contribution >= 0.6 is 23.2 Å². The summed E-state index contributed by atoms with van der Waals surface area (Å²) in [5, 5.41) is 3.80. The average Bonchev–Trinajstić information content (AvgIpc) is 3.57. The van der Waals surface area contributed by atoms with Crippen molar-refractivity contribution in [2.45, 2.75) is 70.8 Å². The Labute approximate surface area is 339 Å². The molecule has 0 bridgehead atoms. The fourth-order valence-electron chi connectivity index (χ4n) is 7.19. The summed E-state index contributed by atoms with van der Waals surface area (Å²) < 4.78 is 12.9. The second-order valence-corrected chi connectivity index (χ2v) is 16.0. The standard InChI is InChI=1S/C42H43Cl2N7O6/c1-42(2,3)57-41(55)50(23-27-12-14-35(52)47-27)21-25-11-13-32(48-39(25)56-4)31-10-6-9-30(37(31)44)29-8-5-7-28(36(29)43)24-15-18-51-34(19-24)46-20-26(40(51)54)22-49-17-16-33(49)38(45)53/h5-11,13,15,18-20,27,33H,12,14,16-17,21-23H2,1-4H3,(H2,45,53)(H,47,52)/t27-,33?/m0/s1. The van der Waals surface area contributed by atoms with Gasteiger partial charge in [-0.25, -0.2) is 14.8 Å². The lowest BCUT2D eigenvalue weighted by atomic mass is 9.97. The largest absolute Gasteiger partial charge is 0.481 e. The van der Waals surface area contributed by atoms with Gasteiger partial charge in [0, 0.05) is 72.3 Å². The summed E-state index contributed by atoms with van der Waals surface area (Å²) in [5.74, 6) is -0.129. The molecule has 15 heteroatoms. The smallest absolute Gasteiger partial charge is 0.410 e. The summed E-state index contributed by atoms with van der Waals surface area (Å²) in [6.07, 6.45) is 4.42. The topological polar surface area (TPSA) is 161 Å². The van der Waals surface area contributed by atoms with Gasteiger partial charge in [-0.2, -0.15) is 0 Å². The third-order valence-corrected chi connectivity index (χ3v) is 11.0. The number of carbonyl (C=O) groups is 3. The zero-order valence-corrected chi connectivity index (χ0v) is 33.6. The van der Waals surface area contributed by atoms with Gasteiger partial charge < -0.3 is 25.4 Å². The maximum atomic E-state index is 13.4. The molecule has 2 saturated heterocycles. The molecule has 57 heavy (non-hydrogen) atoms. The predicted octanol–water partition coefficient (Wildman–Crippen LogP) is 6.48. The number of primary amides is 1. The molecule has 3 N–H and O–H groups in total. The molecule has 7 rings (SSSR count). The highest BCUT2D eigenvalue weighted by Gasteiger charge is 2.33. The number of ether oxygens (including phenoxy) is 2. The molecule has 2 aliphatic heterocycles. The van der Waals surface area contributed by atoms with Crippen molar-refractivity contribution in [3.63, 3.8) is 0 Å². The quantitative estimate of drug-likeness (QED) is 0.152. The molecule has 2 fully saturated rings. The van der Waals surface area contributed by atoms with Crippen molar-refractivity contribution >= 4 is 46.8 Å². The molecule has 5 heterocycles. The van der Waals surface area contributed by atoms with Crippen molar-refractivity contribution < 1.29 is 23.9 Å². The van der Waals surface area contributed by atoms with Crippen LogP contribution in [0.3, 0.4) is 0 Å². The van der Waals surface area contributed by atoms with Crippen LogP contribution in [0.2, 0.25) is 10.0 Å². The van der Waals surface area contributed by atoms with Gasteiger partial charge in [0.15, 0.2) is 0 Å². The molecule has 2 atom stereocenters. The summed E-state index contributed by atoms with van der Waals surface area (Å²) in [6.45, 7) is 6.80. The summed E-state index contributed by atoms with van der Waals surface area (Å²) in [6, 6.07) is 18.0. The van der Waals surface area contributed by atoms with E-state index in [1.165, 1.54) is 11.5 Å². The highest BCUT2D eigenvalue weighted by molar-refractivity contribution is 6.39. The first-order chi connectivity index (χ1) is 27.2. The number of hydrogen-bond donors (Lipinski definition) is 2. The number of amides is 3. The monoisotopic (exact) mass is 811 g/mol. The molecule has 0 aliphatic carbocycles. The summed E-state index contributed by atoms with van der Waals surface area (Å²) >= 11 is 14.3. The Kier molecular flexibility index (Phi) is 11.3. The van der Waals surface area contributed by atoms with Crippen LogP contribution in [0.25, 0.3) is 39.2 Å². The zero-order valence-electron chi connectivity index (χ0n) is 32.1. The number of benzene rings is 2. The summed E-state index contributed by atoms with van der Waals surface area (Å²) in [7, 11) is 1.51. The third kappa shape index (κ3) is 8.46. The second-order valence-electron chi connectivity index (χ2n) is 15.3. The van der Waals surface area contributed by atoms with Crippen LogP contribution in [0.15, 0.2) is 77.9 Å². The molecule has 5 aromatic rings. The van der Waals surface area contributed by atoms with Crippen molar-refractivity contribution in [1.29, 1.82) is 0 Å². The lowest BCUT2D eigenvalue weighted by molar-refractivity contribution is -0.127. The lowest BCUT2D eigenvalue weighted by Gasteiger charge is -2.38. The minimum atomic E-state index is -0.712. The number of nitrogens with two attached hydrogens (primary N) is 1. The van der Waals surface area contributed by atoms with Crippen molar-refractivity contribution in [2.24, 2.45) is 5.73 Å². The van der Waals surface area contributed by atoms with E-state index in [2.05, 4.69) is 10.3 Å². The number of nitrogens with one attached hydrogen (secondary N) is 1. The van der Waals surface area contributed by atoms with Gasteiger partial charge in [-0.3, -0.25) is 23.7 Å². The Hall–Kier alpha value is -5.50. The number of nitrogens with zero attached hydrogens (tertiary/aromatic N) is 5. The van der Waals surface area contributed by atoms with E-state index in [1.807, 2.05) is 59.5 Å². The zero-order chi connectivity index (χ0) is 40.6. The van der Waals surface area contributed by atoms with Crippen LogP contribution < -0.4 is 21.3 Å². The molecular weight excluding hydrogens is 769 g/mol. The van der Waals surface area contributed by atoms with Gasteiger partial charge >= 0.3 is 6.09 Å². The Balaban J connectivity index is 1.15. The van der Waals surface area contributed by atoms with Crippen molar-refractivity contribution in [3.05, 3.63) is 105 Å². The Morgan fingerprint density at radius 3 is 2.30 bits per heavy atom. The molecule has 2 aliphatic rings. The molecule has 296 valence electrons. The molecule has 1 unspecified atom stereocenters. The van der Waals surface area contributed by atoms with Gasteiger partial charge in [-0.15, -0.1) is 0 Å². The predicted molar refractivity (Wildman–Crippen MR) is 218 cm³/mol. The van der Waals surface area contributed by atoms with Gasteiger partial charge in [-0.1, -0.05) is 59.6 Å². The number of carbonyl (C=O) groups excluding carboxylic acids is 3. The SMILES string of the molecule is COc1nc(-c2cccc(-c3cccc(-c4ccn5c(=O)c(CN6CCC6C(N)=O)cnc5c4)c3Cl)c2Cl)ccc1CN(C[C@@H]1CCC(=O)N1)C(=O)OC(C)(C)C. The minimum Gasteiger partial charge on any atom is -0.481 e. The second kappa shape index (κ2) is 16.2. The first-order valence-corrected chi connectivity index (χ1v) is 19.4. The van der Waals surface area contributed by atoms with Crippen LogP contribution in [-0.2, 0) is 27.4 Å². The van der Waals surface area contributed by atoms with E-state index in [0.717, 1.165) is 11.1 Å². The van der Waals surface area contributed by atoms with E-state index < -0.39 is 17.6 Å². The highest BCUT2D eigenvalue weighted by Crippen LogP contribution is 2.42. The number of likely N-dealkylation sites (tertiary alicyclic amines) is 1. The Bertz CT molecular complexity index is 2450. The van der Waals surface area contributed by atoms with Crippen molar-refractivity contribution in [2.75, 3.05) is 20.2 Å². The minimum absolute atomic E-state index is 0.0425. The highest BCUT2D eigenvalue weighted by atomic mass is 35.5. The van der Waals surface area contributed by atoms with E-state index >= 15 is 0 Å². The molecule has 0 spiro atoms. The molecule has 0 saturated carbocycles. The number of fused-ring (bicyclic) bond motifs is 1. The van der Waals surface area contributed by atoms with Crippen LogP contribution in [-0.4, -0.2) is 80.0 Å². The van der Waals surface area contributed by atoms with E-state index in [4.69, 9.17) is 43.4 Å². The normalized spacial score (nSPS) is 16.9. The number of aromatic nitrogens is 3. The van der Waals surface area contributed by atoms with E-state index in [1.54, 1.807) is 44.1 Å². The molecule has 13 nitrogen and oxygen atoms in total. The molecule has 0 radical (unpaired) electrons. The molecule has 3 aromatic heterocycles. The van der Waals surface area contributed by atoms with Gasteiger partial charge in [0.2, 0.25) is 17.7 Å². The van der Waals surface area contributed by atoms with Crippen LogP contribution in [0.4, 0.5) is 4.79 Å². The van der Waals surface area contributed by atoms with Gasteiger partial charge in [0.05, 0.1) is 41.0 Å². The summed E-state index contributed by atoms with van der Waals surface area (Å²) in [4.78, 5) is 63.1. The summed E-state index contributed by atoms with van der Waals surface area (Å²) in [5.41, 5.74) is 10.2. The number of pyridine rings is 2. The van der Waals surface area contributed by atoms with Gasteiger partial charge in [0.25, 0.3) is 5.56 Å². The first kappa shape index (κ1) is 39.7. The fourth-order valence-corrected chi connectivity index (χ4v) is 7.85. The molecule has 3 amide bonds. The number of rotatable bonds is 11. The first-order valence-electron chi connectivity index (χ1n) is 18.6. The van der Waals surface area contributed by atoms with Gasteiger partial charge in [0.1, 0.15) is 11.2 Å². The van der Waals surface area contributed by atoms with E-state index in [9.17, 15) is 19.2 Å². The number of hydrogen-bond acceptors (Lipinski definition) is 9. The Morgan fingerprint density at radius 2 is 1.67 bits per heavy atom. The third-order valence-electron chi connectivity index (χ3n) is 10.2. The average molecular weight is 813 g/mol.